The highest BCUT2D eigenvalue weighted by atomic mass is 79.9. The molecule has 1 fully saturated rings. The van der Waals surface area contributed by atoms with Gasteiger partial charge in [0.25, 0.3) is 0 Å². The summed E-state index contributed by atoms with van der Waals surface area (Å²) in [6.07, 6.45) is 4.16. The molecule has 3 heteroatoms. The standard InChI is InChI=1S/C16H24BrNO/c1-12(2)18-11-16(19-9-8-13-6-7-13)14-4-3-5-15(17)10-14/h3-5,10,12-13,16,18H,6-9,11H2,1-2H3. The maximum atomic E-state index is 6.10. The number of hydrogen-bond acceptors (Lipinski definition) is 2. The maximum Gasteiger partial charge on any atom is 0.0949 e. The van der Waals surface area contributed by atoms with Crippen molar-refractivity contribution in [3.05, 3.63) is 34.3 Å². The summed E-state index contributed by atoms with van der Waals surface area (Å²) in [6, 6.07) is 8.92. The van der Waals surface area contributed by atoms with Crippen LogP contribution in [0.25, 0.3) is 0 Å². The van der Waals surface area contributed by atoms with Gasteiger partial charge in [0.05, 0.1) is 6.10 Å². The zero-order chi connectivity index (χ0) is 13.7. The van der Waals surface area contributed by atoms with E-state index in [9.17, 15) is 0 Å². The van der Waals surface area contributed by atoms with Crippen molar-refractivity contribution < 1.29 is 4.74 Å². The van der Waals surface area contributed by atoms with Crippen LogP contribution in [0.5, 0.6) is 0 Å². The van der Waals surface area contributed by atoms with Gasteiger partial charge in [0.1, 0.15) is 0 Å². The highest BCUT2D eigenvalue weighted by Crippen LogP contribution is 2.33. The smallest absolute Gasteiger partial charge is 0.0949 e. The number of rotatable bonds is 8. The first-order valence-electron chi connectivity index (χ1n) is 7.25. The highest BCUT2D eigenvalue weighted by molar-refractivity contribution is 9.10. The summed E-state index contributed by atoms with van der Waals surface area (Å²) in [4.78, 5) is 0. The van der Waals surface area contributed by atoms with E-state index in [1.807, 2.05) is 0 Å². The molecular formula is C16H24BrNO. The van der Waals surface area contributed by atoms with Gasteiger partial charge in [-0.25, -0.2) is 0 Å². The zero-order valence-corrected chi connectivity index (χ0v) is 13.4. The predicted octanol–water partition coefficient (Wildman–Crippen LogP) is 4.30. The van der Waals surface area contributed by atoms with Crippen molar-refractivity contribution in [2.24, 2.45) is 5.92 Å². The zero-order valence-electron chi connectivity index (χ0n) is 11.9. The number of hydrogen-bond donors (Lipinski definition) is 1. The van der Waals surface area contributed by atoms with Crippen LogP contribution in [0.3, 0.4) is 0 Å². The Kier molecular flexibility index (Phi) is 5.86. The van der Waals surface area contributed by atoms with E-state index in [2.05, 4.69) is 59.4 Å². The van der Waals surface area contributed by atoms with E-state index in [0.29, 0.717) is 6.04 Å². The summed E-state index contributed by atoms with van der Waals surface area (Å²) < 4.78 is 7.22. The molecule has 0 bridgehead atoms. The molecular weight excluding hydrogens is 302 g/mol. The first-order chi connectivity index (χ1) is 9.15. The average Bonchev–Trinajstić information content (AvgIpc) is 3.17. The lowest BCUT2D eigenvalue weighted by atomic mass is 10.1. The van der Waals surface area contributed by atoms with Crippen molar-refractivity contribution in [2.45, 2.75) is 45.3 Å². The minimum Gasteiger partial charge on any atom is -0.372 e. The fraction of sp³-hybridized carbons (Fsp3) is 0.625. The number of halogens is 1. The second-order valence-electron chi connectivity index (χ2n) is 5.71. The lowest BCUT2D eigenvalue weighted by Gasteiger charge is -2.21. The molecule has 1 aliphatic rings. The third kappa shape index (κ3) is 5.64. The minimum atomic E-state index is 0.152. The molecule has 0 spiro atoms. The lowest BCUT2D eigenvalue weighted by Crippen LogP contribution is -2.29. The summed E-state index contributed by atoms with van der Waals surface area (Å²) in [5, 5.41) is 3.48. The lowest BCUT2D eigenvalue weighted by molar-refractivity contribution is 0.0473. The van der Waals surface area contributed by atoms with E-state index in [-0.39, 0.29) is 6.10 Å². The van der Waals surface area contributed by atoms with Gasteiger partial charge in [0.2, 0.25) is 0 Å². The van der Waals surface area contributed by atoms with Crippen LogP contribution in [0.2, 0.25) is 0 Å². The molecule has 0 aliphatic heterocycles. The van der Waals surface area contributed by atoms with Crippen molar-refractivity contribution in [3.63, 3.8) is 0 Å². The summed E-state index contributed by atoms with van der Waals surface area (Å²) in [7, 11) is 0. The molecule has 1 saturated carbocycles. The normalized spacial score (nSPS) is 16.8. The third-order valence-electron chi connectivity index (χ3n) is 3.47. The Balaban J connectivity index is 1.91. The fourth-order valence-electron chi connectivity index (χ4n) is 2.11. The van der Waals surface area contributed by atoms with Gasteiger partial charge in [-0.1, -0.05) is 54.8 Å². The van der Waals surface area contributed by atoms with Crippen molar-refractivity contribution in [2.75, 3.05) is 13.2 Å². The molecule has 1 unspecified atom stereocenters. The Morgan fingerprint density at radius 1 is 1.37 bits per heavy atom. The summed E-state index contributed by atoms with van der Waals surface area (Å²) >= 11 is 3.54. The maximum absolute atomic E-state index is 6.10. The van der Waals surface area contributed by atoms with E-state index in [1.54, 1.807) is 0 Å². The number of ether oxygens (including phenoxy) is 1. The first kappa shape index (κ1) is 15.0. The minimum absolute atomic E-state index is 0.152. The van der Waals surface area contributed by atoms with Crippen LogP contribution in [-0.4, -0.2) is 19.2 Å². The molecule has 19 heavy (non-hydrogen) atoms. The van der Waals surface area contributed by atoms with Gasteiger partial charge in [-0.3, -0.25) is 0 Å². The predicted molar refractivity (Wildman–Crippen MR) is 83.3 cm³/mol. The van der Waals surface area contributed by atoms with Crippen molar-refractivity contribution in [1.29, 1.82) is 0 Å². The van der Waals surface area contributed by atoms with Crippen LogP contribution in [-0.2, 0) is 4.74 Å². The quantitative estimate of drug-likeness (QED) is 0.769. The fourth-order valence-corrected chi connectivity index (χ4v) is 2.52. The van der Waals surface area contributed by atoms with Gasteiger partial charge in [-0.2, -0.15) is 0 Å². The van der Waals surface area contributed by atoms with Gasteiger partial charge in [-0.15, -0.1) is 0 Å². The van der Waals surface area contributed by atoms with E-state index in [0.717, 1.165) is 23.5 Å². The van der Waals surface area contributed by atoms with Crippen LogP contribution in [0.1, 0.15) is 44.8 Å². The molecule has 0 amide bonds. The Morgan fingerprint density at radius 3 is 2.79 bits per heavy atom. The molecule has 1 aromatic carbocycles. The number of nitrogens with one attached hydrogen (secondary N) is 1. The largest absolute Gasteiger partial charge is 0.372 e. The molecule has 0 radical (unpaired) electrons. The van der Waals surface area contributed by atoms with E-state index < -0.39 is 0 Å². The Morgan fingerprint density at radius 2 is 2.16 bits per heavy atom. The molecule has 0 aromatic heterocycles. The molecule has 1 N–H and O–H groups in total. The van der Waals surface area contributed by atoms with Gasteiger partial charge >= 0.3 is 0 Å². The third-order valence-corrected chi connectivity index (χ3v) is 3.97. The van der Waals surface area contributed by atoms with Crippen LogP contribution in [0.4, 0.5) is 0 Å². The Hall–Kier alpha value is -0.380. The van der Waals surface area contributed by atoms with Crippen molar-refractivity contribution in [1.82, 2.24) is 5.32 Å². The van der Waals surface area contributed by atoms with Crippen LogP contribution < -0.4 is 5.32 Å². The molecule has 2 rings (SSSR count). The van der Waals surface area contributed by atoms with E-state index >= 15 is 0 Å². The summed E-state index contributed by atoms with van der Waals surface area (Å²) in [5.41, 5.74) is 1.25. The number of benzene rings is 1. The van der Waals surface area contributed by atoms with E-state index in [4.69, 9.17) is 4.74 Å². The van der Waals surface area contributed by atoms with Crippen LogP contribution in [0, 0.1) is 5.92 Å². The molecule has 0 heterocycles. The van der Waals surface area contributed by atoms with Gasteiger partial charge in [0, 0.05) is 23.7 Å². The SMILES string of the molecule is CC(C)NCC(OCCC1CC1)c1cccc(Br)c1. The summed E-state index contributed by atoms with van der Waals surface area (Å²) in [6.45, 7) is 6.09. The van der Waals surface area contributed by atoms with E-state index in [1.165, 1.54) is 24.8 Å². The Labute approximate surface area is 125 Å². The van der Waals surface area contributed by atoms with Crippen LogP contribution >= 0.6 is 15.9 Å². The van der Waals surface area contributed by atoms with Crippen molar-refractivity contribution in [3.8, 4) is 0 Å². The van der Waals surface area contributed by atoms with Crippen LogP contribution in [0.15, 0.2) is 28.7 Å². The summed E-state index contributed by atoms with van der Waals surface area (Å²) in [5.74, 6) is 0.932. The molecule has 1 aliphatic carbocycles. The van der Waals surface area contributed by atoms with Gasteiger partial charge < -0.3 is 10.1 Å². The molecule has 0 saturated heterocycles. The Bertz CT molecular complexity index is 390. The highest BCUT2D eigenvalue weighted by Gasteiger charge is 2.21. The monoisotopic (exact) mass is 325 g/mol. The average molecular weight is 326 g/mol. The second-order valence-corrected chi connectivity index (χ2v) is 6.63. The first-order valence-corrected chi connectivity index (χ1v) is 8.05. The van der Waals surface area contributed by atoms with Crippen molar-refractivity contribution >= 4 is 15.9 Å². The topological polar surface area (TPSA) is 21.3 Å². The van der Waals surface area contributed by atoms with Gasteiger partial charge in [-0.05, 0) is 30.0 Å². The molecule has 1 aromatic rings. The van der Waals surface area contributed by atoms with Gasteiger partial charge in [0.15, 0.2) is 0 Å². The second kappa shape index (κ2) is 7.41. The molecule has 106 valence electrons. The molecule has 2 nitrogen and oxygen atoms in total. The molecule has 1 atom stereocenters.